The number of fused-ring (bicyclic) bond motifs is 2. The van der Waals surface area contributed by atoms with Crippen molar-refractivity contribution in [3.63, 3.8) is 0 Å². The van der Waals surface area contributed by atoms with Crippen LogP contribution in [0.1, 0.15) is 149 Å². The Morgan fingerprint density at radius 2 is 1.52 bits per heavy atom. The number of rotatable bonds is 7. The lowest BCUT2D eigenvalue weighted by Crippen LogP contribution is -2.51. The first kappa shape index (κ1) is 35.2. The van der Waals surface area contributed by atoms with Crippen LogP contribution in [-0.2, 0) is 4.74 Å². The second-order valence-electron chi connectivity index (χ2n) is 18.8. The van der Waals surface area contributed by atoms with Gasteiger partial charge in [0, 0.05) is 28.3 Å². The lowest BCUT2D eigenvalue weighted by molar-refractivity contribution is 0.00753. The molecular weight excluding hydrogens is 633 g/mol. The molecule has 2 saturated heterocycles. The minimum absolute atomic E-state index is 0.0555. The van der Waals surface area contributed by atoms with Gasteiger partial charge in [-0.1, -0.05) is 131 Å². The number of hydrogen-bond acceptors (Lipinski definition) is 3. The Kier molecular flexibility index (Phi) is 10.1. The molecule has 5 unspecified atom stereocenters. The summed E-state index contributed by atoms with van der Waals surface area (Å²) in [6.07, 6.45) is 55.6. The van der Waals surface area contributed by atoms with E-state index in [0.717, 1.165) is 44.1 Å². The predicted molar refractivity (Wildman–Crippen MR) is 217 cm³/mol. The molecule has 9 rings (SSSR count). The second kappa shape index (κ2) is 15.0. The molecule has 0 N–H and O–H groups in total. The van der Waals surface area contributed by atoms with Gasteiger partial charge in [-0.3, -0.25) is 0 Å². The molecule has 2 heterocycles. The largest absolute Gasteiger partial charge is 0.375 e. The summed E-state index contributed by atoms with van der Waals surface area (Å²) in [5.41, 5.74) is 8.23. The molecule has 0 aromatic rings. The van der Waals surface area contributed by atoms with Crippen LogP contribution in [0.2, 0.25) is 0 Å². The van der Waals surface area contributed by atoms with Crippen LogP contribution in [0.3, 0.4) is 0 Å². The molecule has 3 nitrogen and oxygen atoms in total. The zero-order chi connectivity index (χ0) is 35.1. The summed E-state index contributed by atoms with van der Waals surface area (Å²) >= 11 is 0. The number of hydrogen-bond donors (Lipinski definition) is 0. The van der Waals surface area contributed by atoms with Crippen LogP contribution in [0.4, 0.5) is 0 Å². The van der Waals surface area contributed by atoms with Crippen LogP contribution in [0, 0.1) is 23.2 Å². The van der Waals surface area contributed by atoms with Gasteiger partial charge in [-0.25, -0.2) is 0 Å². The molecule has 5 atom stereocenters. The third-order valence-corrected chi connectivity index (χ3v) is 15.8. The van der Waals surface area contributed by atoms with E-state index in [1.807, 2.05) is 0 Å². The fraction of sp³-hybridized carbons (Fsp3) is 0.673. The number of likely N-dealkylation sites (tertiary alicyclic amines) is 1. The first-order valence-corrected chi connectivity index (χ1v) is 22.3. The Hall–Kier alpha value is -2.52. The monoisotopic (exact) mass is 701 g/mol. The molecule has 3 saturated carbocycles. The zero-order valence-corrected chi connectivity index (χ0v) is 32.8. The molecular formula is C49H68N2O. The van der Waals surface area contributed by atoms with Gasteiger partial charge in [-0.05, 0) is 113 Å². The van der Waals surface area contributed by atoms with E-state index in [0.29, 0.717) is 30.1 Å². The molecule has 0 bridgehead atoms. The van der Waals surface area contributed by atoms with Gasteiger partial charge in [-0.2, -0.15) is 0 Å². The van der Waals surface area contributed by atoms with Crippen molar-refractivity contribution in [2.24, 2.45) is 23.2 Å². The summed E-state index contributed by atoms with van der Waals surface area (Å²) in [6.45, 7) is 6.19. The van der Waals surface area contributed by atoms with E-state index in [-0.39, 0.29) is 11.0 Å². The van der Waals surface area contributed by atoms with E-state index in [1.165, 1.54) is 120 Å². The van der Waals surface area contributed by atoms with Gasteiger partial charge in [0.15, 0.2) is 0 Å². The number of nitrogens with zero attached hydrogens (tertiary/aromatic N) is 2. The minimum Gasteiger partial charge on any atom is -0.375 e. The van der Waals surface area contributed by atoms with Crippen molar-refractivity contribution >= 4 is 0 Å². The standard InChI is InChI=1S/C49H68N2O/c1-48(2)49(32-16-7-17-33-49)46-42(36-20-8-3-9-21-36)30-19-31-43(46)51(48)41-29-18-28-40(34-41)50(39-26-14-6-15-27-39)44-35-52-47(38-24-12-5-13-25-38)45(44)37-22-10-4-11-23-37/h6,8,14-15,19-21,26,29-30,34,37-39,43-45,47H,3-5,7,9-13,16-18,22-25,27-28,31-33,35H2,1-2H3. The summed E-state index contributed by atoms with van der Waals surface area (Å²) in [4.78, 5) is 5.96. The summed E-state index contributed by atoms with van der Waals surface area (Å²) in [7, 11) is 0. The Morgan fingerprint density at radius 3 is 2.25 bits per heavy atom. The van der Waals surface area contributed by atoms with E-state index >= 15 is 0 Å². The molecule has 0 aromatic heterocycles. The van der Waals surface area contributed by atoms with Gasteiger partial charge in [0.05, 0.1) is 30.8 Å². The normalized spacial score (nSPS) is 34.8. The summed E-state index contributed by atoms with van der Waals surface area (Å²) < 4.78 is 7.15. The highest BCUT2D eigenvalue weighted by Crippen LogP contribution is 2.63. The van der Waals surface area contributed by atoms with Crippen LogP contribution < -0.4 is 0 Å². The Bertz CT molecular complexity index is 1560. The summed E-state index contributed by atoms with van der Waals surface area (Å²) in [6, 6.07) is 1.33. The van der Waals surface area contributed by atoms with Crippen LogP contribution in [0.25, 0.3) is 0 Å². The molecule has 9 aliphatic rings. The second-order valence-corrected chi connectivity index (χ2v) is 18.8. The van der Waals surface area contributed by atoms with E-state index in [2.05, 4.69) is 90.5 Å². The smallest absolute Gasteiger partial charge is 0.0678 e. The van der Waals surface area contributed by atoms with E-state index in [9.17, 15) is 0 Å². The van der Waals surface area contributed by atoms with Crippen molar-refractivity contribution < 1.29 is 4.74 Å². The Labute approximate surface area is 316 Å². The highest BCUT2D eigenvalue weighted by molar-refractivity contribution is 5.58. The van der Waals surface area contributed by atoms with E-state index < -0.39 is 0 Å². The van der Waals surface area contributed by atoms with Gasteiger partial charge in [0.2, 0.25) is 0 Å². The molecule has 52 heavy (non-hydrogen) atoms. The lowest BCUT2D eigenvalue weighted by atomic mass is 9.59. The van der Waals surface area contributed by atoms with Crippen LogP contribution in [0.5, 0.6) is 0 Å². The third-order valence-electron chi connectivity index (χ3n) is 15.8. The Balaban J connectivity index is 1.11. The van der Waals surface area contributed by atoms with Gasteiger partial charge >= 0.3 is 0 Å². The number of allylic oxidation sites excluding steroid dienone is 11. The van der Waals surface area contributed by atoms with Crippen molar-refractivity contribution in [3.8, 4) is 0 Å². The van der Waals surface area contributed by atoms with Gasteiger partial charge in [-0.15, -0.1) is 0 Å². The van der Waals surface area contributed by atoms with Gasteiger partial charge < -0.3 is 14.5 Å². The van der Waals surface area contributed by atoms with E-state index in [4.69, 9.17) is 4.74 Å². The highest BCUT2D eigenvalue weighted by Gasteiger charge is 2.62. The quantitative estimate of drug-likeness (QED) is 0.263. The molecule has 0 amide bonds. The highest BCUT2D eigenvalue weighted by atomic mass is 16.5. The molecule has 0 aromatic carbocycles. The molecule has 1 spiro atoms. The first-order chi connectivity index (χ1) is 25.6. The van der Waals surface area contributed by atoms with Crippen molar-refractivity contribution in [1.29, 1.82) is 0 Å². The minimum atomic E-state index is 0.0555. The molecule has 7 aliphatic carbocycles. The average Bonchev–Trinajstić information content (AvgIpc) is 3.71. The maximum atomic E-state index is 7.15. The topological polar surface area (TPSA) is 15.7 Å². The molecule has 3 heteroatoms. The Morgan fingerprint density at radius 1 is 0.750 bits per heavy atom. The third kappa shape index (κ3) is 6.12. The van der Waals surface area contributed by atoms with Crippen molar-refractivity contribution in [2.45, 2.75) is 178 Å². The van der Waals surface area contributed by atoms with E-state index in [1.54, 1.807) is 16.8 Å². The van der Waals surface area contributed by atoms with Gasteiger partial charge in [0.25, 0.3) is 0 Å². The lowest BCUT2D eigenvalue weighted by Gasteiger charge is -2.50. The zero-order valence-electron chi connectivity index (χ0n) is 32.8. The van der Waals surface area contributed by atoms with Crippen molar-refractivity contribution in [1.82, 2.24) is 9.80 Å². The fourth-order valence-electron chi connectivity index (χ4n) is 13.5. The van der Waals surface area contributed by atoms with Crippen LogP contribution in [0.15, 0.2) is 94.9 Å². The van der Waals surface area contributed by atoms with Gasteiger partial charge in [0.1, 0.15) is 0 Å². The van der Waals surface area contributed by atoms with Crippen LogP contribution >= 0.6 is 0 Å². The number of ether oxygens (including phenoxy) is 1. The fourth-order valence-corrected chi connectivity index (χ4v) is 13.5. The molecule has 0 radical (unpaired) electrons. The van der Waals surface area contributed by atoms with Crippen LogP contribution in [-0.4, -0.2) is 46.2 Å². The van der Waals surface area contributed by atoms with Crippen molar-refractivity contribution in [3.05, 3.63) is 94.9 Å². The average molecular weight is 701 g/mol. The summed E-state index contributed by atoms with van der Waals surface area (Å²) in [5, 5.41) is 0. The van der Waals surface area contributed by atoms with Crippen molar-refractivity contribution in [2.75, 3.05) is 6.61 Å². The first-order valence-electron chi connectivity index (χ1n) is 22.3. The summed E-state index contributed by atoms with van der Waals surface area (Å²) in [5.74, 6) is 2.23. The SMILES string of the molecule is CC1(C)N(C2=CCCC(N(C3C=CC=CC3)C3COC(C4CCCCC4)C3C3CCCCC3)=C2)C2CC=CC(C3=CCCC=C3)=C2C12CCCCC2. The molecule has 5 fully saturated rings. The maximum Gasteiger partial charge on any atom is 0.0678 e. The molecule has 280 valence electrons. The maximum absolute atomic E-state index is 7.15. The molecule has 2 aliphatic heterocycles. The predicted octanol–water partition coefficient (Wildman–Crippen LogP) is 12.2.